The molecule has 76 valence electrons. The molecular weight excluding hydrogens is 176 g/mol. The molecule has 1 rings (SSSR count). The zero-order chi connectivity index (χ0) is 10.4. The zero-order valence-electron chi connectivity index (χ0n) is 8.71. The van der Waals surface area contributed by atoms with Crippen molar-refractivity contribution in [3.8, 4) is 0 Å². The minimum atomic E-state index is 0.0636. The molecular formula is C11H16N2O. The molecule has 0 radical (unpaired) electrons. The number of pyridine rings is 1. The van der Waals surface area contributed by atoms with Gasteiger partial charge >= 0.3 is 0 Å². The van der Waals surface area contributed by atoms with Crippen LogP contribution in [-0.2, 0) is 17.6 Å². The minimum Gasteiger partial charge on any atom is -0.359 e. The van der Waals surface area contributed by atoms with Crippen molar-refractivity contribution in [2.24, 2.45) is 0 Å². The first-order valence-electron chi connectivity index (χ1n) is 4.91. The summed E-state index contributed by atoms with van der Waals surface area (Å²) in [6.07, 6.45) is 2.16. The van der Waals surface area contributed by atoms with Crippen molar-refractivity contribution in [1.29, 1.82) is 0 Å². The van der Waals surface area contributed by atoms with Gasteiger partial charge < -0.3 is 5.32 Å². The molecule has 0 unspecified atom stereocenters. The summed E-state index contributed by atoms with van der Waals surface area (Å²) in [5.41, 5.74) is 2.08. The van der Waals surface area contributed by atoms with Crippen LogP contribution >= 0.6 is 0 Å². The third-order valence-corrected chi connectivity index (χ3v) is 2.11. The smallest absolute Gasteiger partial charge is 0.220 e. The Morgan fingerprint density at radius 2 is 2.14 bits per heavy atom. The second kappa shape index (κ2) is 5.37. The normalized spacial score (nSPS) is 9.86. The van der Waals surface area contributed by atoms with Crippen LogP contribution < -0.4 is 5.32 Å². The SMILES string of the molecule is CCc1cccc(CCC(=O)NC)n1. The number of rotatable bonds is 4. The maximum absolute atomic E-state index is 11.0. The highest BCUT2D eigenvalue weighted by molar-refractivity contribution is 5.75. The van der Waals surface area contributed by atoms with Gasteiger partial charge in [-0.25, -0.2) is 0 Å². The third-order valence-electron chi connectivity index (χ3n) is 2.11. The Morgan fingerprint density at radius 3 is 2.79 bits per heavy atom. The van der Waals surface area contributed by atoms with Gasteiger partial charge in [0.1, 0.15) is 0 Å². The Bertz CT molecular complexity index is 310. The van der Waals surface area contributed by atoms with E-state index in [1.165, 1.54) is 0 Å². The van der Waals surface area contributed by atoms with Crippen molar-refractivity contribution < 1.29 is 4.79 Å². The number of carbonyl (C=O) groups excluding carboxylic acids is 1. The van der Waals surface area contributed by atoms with Gasteiger partial charge in [0.2, 0.25) is 5.91 Å². The Kier molecular flexibility index (Phi) is 4.11. The van der Waals surface area contributed by atoms with E-state index in [0.717, 1.165) is 17.8 Å². The maximum atomic E-state index is 11.0. The second-order valence-electron chi connectivity index (χ2n) is 3.15. The van der Waals surface area contributed by atoms with E-state index < -0.39 is 0 Å². The molecule has 0 aliphatic rings. The zero-order valence-corrected chi connectivity index (χ0v) is 8.71. The summed E-state index contributed by atoms with van der Waals surface area (Å²) in [5.74, 6) is 0.0636. The lowest BCUT2D eigenvalue weighted by Crippen LogP contribution is -2.18. The highest BCUT2D eigenvalue weighted by Crippen LogP contribution is 2.02. The summed E-state index contributed by atoms with van der Waals surface area (Å²) >= 11 is 0. The van der Waals surface area contributed by atoms with Gasteiger partial charge in [-0.3, -0.25) is 9.78 Å². The first-order valence-corrected chi connectivity index (χ1v) is 4.91. The van der Waals surface area contributed by atoms with E-state index in [-0.39, 0.29) is 5.91 Å². The number of nitrogens with one attached hydrogen (secondary N) is 1. The number of hydrogen-bond donors (Lipinski definition) is 1. The lowest BCUT2D eigenvalue weighted by atomic mass is 10.2. The van der Waals surface area contributed by atoms with Crippen LogP contribution in [0.1, 0.15) is 24.7 Å². The number of hydrogen-bond acceptors (Lipinski definition) is 2. The van der Waals surface area contributed by atoms with Crippen LogP contribution in [0.15, 0.2) is 18.2 Å². The molecule has 0 fully saturated rings. The van der Waals surface area contributed by atoms with Crippen LogP contribution in [0, 0.1) is 0 Å². The molecule has 3 nitrogen and oxygen atoms in total. The van der Waals surface area contributed by atoms with Crippen LogP contribution in [0.3, 0.4) is 0 Å². The fraction of sp³-hybridized carbons (Fsp3) is 0.455. The van der Waals surface area contributed by atoms with Gasteiger partial charge in [-0.05, 0) is 25.0 Å². The van der Waals surface area contributed by atoms with Crippen LogP contribution in [0.25, 0.3) is 0 Å². The van der Waals surface area contributed by atoms with Crippen LogP contribution in [0.4, 0.5) is 0 Å². The van der Waals surface area contributed by atoms with E-state index in [9.17, 15) is 4.79 Å². The lowest BCUT2D eigenvalue weighted by molar-refractivity contribution is -0.120. The molecule has 0 aliphatic carbocycles. The van der Waals surface area contributed by atoms with E-state index >= 15 is 0 Å². The van der Waals surface area contributed by atoms with Crippen LogP contribution in [0.2, 0.25) is 0 Å². The lowest BCUT2D eigenvalue weighted by Gasteiger charge is -2.02. The van der Waals surface area contributed by atoms with Gasteiger partial charge in [0.15, 0.2) is 0 Å². The first-order chi connectivity index (χ1) is 6.76. The number of carbonyl (C=O) groups is 1. The highest BCUT2D eigenvalue weighted by atomic mass is 16.1. The van der Waals surface area contributed by atoms with Crippen LogP contribution in [-0.4, -0.2) is 17.9 Å². The van der Waals surface area contributed by atoms with Crippen molar-refractivity contribution in [2.45, 2.75) is 26.2 Å². The van der Waals surface area contributed by atoms with Crippen LogP contribution in [0.5, 0.6) is 0 Å². The molecule has 1 aromatic rings. The molecule has 1 amide bonds. The summed E-state index contributed by atoms with van der Waals surface area (Å²) in [6.45, 7) is 2.07. The Hall–Kier alpha value is -1.38. The second-order valence-corrected chi connectivity index (χ2v) is 3.15. The molecule has 0 saturated heterocycles. The summed E-state index contributed by atoms with van der Waals surface area (Å²) < 4.78 is 0. The fourth-order valence-electron chi connectivity index (χ4n) is 1.23. The number of nitrogens with zero attached hydrogens (tertiary/aromatic N) is 1. The predicted molar refractivity (Wildman–Crippen MR) is 56.0 cm³/mol. The Balaban J connectivity index is 2.54. The van der Waals surface area contributed by atoms with E-state index in [4.69, 9.17) is 0 Å². The van der Waals surface area contributed by atoms with Gasteiger partial charge in [-0.1, -0.05) is 13.0 Å². The molecule has 14 heavy (non-hydrogen) atoms. The topological polar surface area (TPSA) is 42.0 Å². The van der Waals surface area contributed by atoms with Gasteiger partial charge in [-0.15, -0.1) is 0 Å². The van der Waals surface area contributed by atoms with Gasteiger partial charge in [0.05, 0.1) is 0 Å². The van der Waals surface area contributed by atoms with Gasteiger partial charge in [0.25, 0.3) is 0 Å². The van der Waals surface area contributed by atoms with Crippen molar-refractivity contribution >= 4 is 5.91 Å². The molecule has 0 bridgehead atoms. The number of aromatic nitrogens is 1. The third kappa shape index (κ3) is 3.17. The van der Waals surface area contributed by atoms with E-state index in [1.54, 1.807) is 7.05 Å². The van der Waals surface area contributed by atoms with Crippen molar-refractivity contribution in [1.82, 2.24) is 10.3 Å². The average molecular weight is 192 g/mol. The quantitative estimate of drug-likeness (QED) is 0.781. The maximum Gasteiger partial charge on any atom is 0.220 e. The summed E-state index contributed by atoms with van der Waals surface area (Å²) in [7, 11) is 1.65. The largest absolute Gasteiger partial charge is 0.359 e. The van der Waals surface area contributed by atoms with E-state index in [0.29, 0.717) is 12.8 Å². The monoisotopic (exact) mass is 192 g/mol. The Morgan fingerprint density at radius 1 is 1.43 bits per heavy atom. The predicted octanol–water partition coefficient (Wildman–Crippen LogP) is 1.32. The highest BCUT2D eigenvalue weighted by Gasteiger charge is 2.00. The van der Waals surface area contributed by atoms with Crippen molar-refractivity contribution in [3.63, 3.8) is 0 Å². The molecule has 1 heterocycles. The molecule has 0 saturated carbocycles. The summed E-state index contributed by atoms with van der Waals surface area (Å²) in [4.78, 5) is 15.4. The molecule has 0 aromatic carbocycles. The fourth-order valence-corrected chi connectivity index (χ4v) is 1.23. The summed E-state index contributed by atoms with van der Waals surface area (Å²) in [5, 5.41) is 2.60. The van der Waals surface area contributed by atoms with E-state index in [2.05, 4.69) is 17.2 Å². The minimum absolute atomic E-state index is 0.0636. The molecule has 1 aromatic heterocycles. The first kappa shape index (κ1) is 10.7. The number of aryl methyl sites for hydroxylation is 2. The van der Waals surface area contributed by atoms with Gasteiger partial charge in [-0.2, -0.15) is 0 Å². The van der Waals surface area contributed by atoms with Gasteiger partial charge in [0, 0.05) is 24.9 Å². The van der Waals surface area contributed by atoms with Crippen molar-refractivity contribution in [2.75, 3.05) is 7.05 Å². The van der Waals surface area contributed by atoms with Crippen molar-refractivity contribution in [3.05, 3.63) is 29.6 Å². The molecule has 0 aliphatic heterocycles. The molecule has 0 spiro atoms. The Labute approximate surface area is 84.6 Å². The molecule has 1 N–H and O–H groups in total. The standard InChI is InChI=1S/C11H16N2O/c1-3-9-5-4-6-10(13-9)7-8-11(14)12-2/h4-6H,3,7-8H2,1-2H3,(H,12,14). The molecule has 0 atom stereocenters. The summed E-state index contributed by atoms with van der Waals surface area (Å²) in [6, 6.07) is 5.95. The van der Waals surface area contributed by atoms with E-state index in [1.807, 2.05) is 18.2 Å². The molecule has 3 heteroatoms. The average Bonchev–Trinajstić information content (AvgIpc) is 2.26. The number of amides is 1.